The van der Waals surface area contributed by atoms with E-state index in [0.29, 0.717) is 0 Å². The van der Waals surface area contributed by atoms with Gasteiger partial charge in [-0.2, -0.15) is 0 Å². The lowest BCUT2D eigenvalue weighted by Crippen LogP contribution is -1.98. The molecule has 0 bridgehead atoms. The lowest BCUT2D eigenvalue weighted by Gasteiger charge is -1.87. The number of halogens is 1. The molecule has 50 valence electrons. The smallest absolute Gasteiger partial charge is 0.259 e. The van der Waals surface area contributed by atoms with Crippen LogP contribution in [0.2, 0.25) is 0 Å². The Morgan fingerprint density at radius 2 is 2.44 bits per heavy atom. The van der Waals surface area contributed by atoms with Crippen molar-refractivity contribution in [3.8, 4) is 0 Å². The van der Waals surface area contributed by atoms with E-state index in [-0.39, 0.29) is 11.6 Å². The number of hydrogen-bond donors (Lipinski definition) is 0. The van der Waals surface area contributed by atoms with Gasteiger partial charge in [0, 0.05) is 6.08 Å². The molecule has 0 aliphatic heterocycles. The summed E-state index contributed by atoms with van der Waals surface area (Å²) >= 11 is 5.18. The summed E-state index contributed by atoms with van der Waals surface area (Å²) in [6.07, 6.45) is 2.60. The third kappa shape index (κ3) is 2.87. The van der Waals surface area contributed by atoms with Crippen LogP contribution in [0.25, 0.3) is 0 Å². The molecule has 0 heterocycles. The third-order valence-corrected chi connectivity index (χ3v) is 0.955. The number of nitrogens with zero attached hydrogens (tertiary/aromatic N) is 1. The van der Waals surface area contributed by atoms with Crippen LogP contribution >= 0.6 is 11.6 Å². The van der Waals surface area contributed by atoms with Gasteiger partial charge in [0.25, 0.3) is 5.70 Å². The summed E-state index contributed by atoms with van der Waals surface area (Å²) in [6, 6.07) is 0. The molecule has 0 rings (SSSR count). The molecule has 0 atom stereocenters. The van der Waals surface area contributed by atoms with Crippen molar-refractivity contribution in [3.05, 3.63) is 34.5 Å². The average Bonchev–Trinajstić information content (AvgIpc) is 1.82. The molecule has 0 spiro atoms. The highest BCUT2D eigenvalue weighted by Gasteiger charge is 2.04. The molecule has 0 saturated heterocycles. The Labute approximate surface area is 57.8 Å². The van der Waals surface area contributed by atoms with Gasteiger partial charge in [0.1, 0.15) is 5.88 Å². The zero-order chi connectivity index (χ0) is 7.28. The molecular formula is C5H6ClNO2. The van der Waals surface area contributed by atoms with Crippen LogP contribution in [0.5, 0.6) is 0 Å². The second-order valence-corrected chi connectivity index (χ2v) is 1.55. The lowest BCUT2D eigenvalue weighted by molar-refractivity contribution is -0.423. The molecule has 0 radical (unpaired) electrons. The monoisotopic (exact) mass is 147 g/mol. The van der Waals surface area contributed by atoms with Gasteiger partial charge in [0.15, 0.2) is 0 Å². The maximum atomic E-state index is 9.93. The first-order valence-electron chi connectivity index (χ1n) is 2.24. The van der Waals surface area contributed by atoms with Gasteiger partial charge in [-0.15, -0.1) is 11.6 Å². The molecule has 0 saturated carbocycles. The van der Waals surface area contributed by atoms with Gasteiger partial charge in [0.2, 0.25) is 0 Å². The van der Waals surface area contributed by atoms with Crippen molar-refractivity contribution in [2.24, 2.45) is 0 Å². The van der Waals surface area contributed by atoms with Gasteiger partial charge in [0.05, 0.1) is 4.92 Å². The van der Waals surface area contributed by atoms with Crippen LogP contribution < -0.4 is 0 Å². The van der Waals surface area contributed by atoms with Crippen molar-refractivity contribution in [1.29, 1.82) is 0 Å². The van der Waals surface area contributed by atoms with E-state index in [1.165, 1.54) is 12.2 Å². The van der Waals surface area contributed by atoms with Gasteiger partial charge in [-0.3, -0.25) is 10.1 Å². The Balaban J connectivity index is 4.14. The van der Waals surface area contributed by atoms with E-state index in [1.807, 2.05) is 0 Å². The van der Waals surface area contributed by atoms with Crippen molar-refractivity contribution in [2.75, 3.05) is 5.88 Å². The van der Waals surface area contributed by atoms with Crippen molar-refractivity contribution in [2.45, 2.75) is 0 Å². The standard InChI is InChI=1S/C5H6ClNO2/c1-2-3-5(4-6)7(8)9/h2-3H,1,4H2/b5-3+. The molecule has 0 unspecified atom stereocenters. The van der Waals surface area contributed by atoms with Crippen molar-refractivity contribution < 1.29 is 4.92 Å². The van der Waals surface area contributed by atoms with E-state index in [4.69, 9.17) is 11.6 Å². The number of nitro groups is 1. The number of alkyl halides is 1. The van der Waals surface area contributed by atoms with E-state index in [9.17, 15) is 10.1 Å². The average molecular weight is 148 g/mol. The summed E-state index contributed by atoms with van der Waals surface area (Å²) in [5.41, 5.74) is -0.0355. The number of hydrogen-bond acceptors (Lipinski definition) is 2. The minimum absolute atomic E-state index is 0.0355. The Kier molecular flexibility index (Phi) is 3.71. The third-order valence-electron chi connectivity index (χ3n) is 0.682. The highest BCUT2D eigenvalue weighted by Crippen LogP contribution is 1.97. The van der Waals surface area contributed by atoms with Crippen LogP contribution in [0.15, 0.2) is 24.4 Å². The van der Waals surface area contributed by atoms with E-state index in [1.54, 1.807) is 0 Å². The minimum atomic E-state index is -0.533. The fourth-order valence-electron chi connectivity index (χ4n) is 0.290. The summed E-state index contributed by atoms with van der Waals surface area (Å²) in [6.45, 7) is 3.29. The highest BCUT2D eigenvalue weighted by atomic mass is 35.5. The van der Waals surface area contributed by atoms with Crippen molar-refractivity contribution >= 4 is 11.6 Å². The first-order valence-corrected chi connectivity index (χ1v) is 2.77. The first-order chi connectivity index (χ1) is 4.22. The number of rotatable bonds is 3. The molecule has 0 aliphatic carbocycles. The molecule has 3 nitrogen and oxygen atoms in total. The molecule has 9 heavy (non-hydrogen) atoms. The van der Waals surface area contributed by atoms with Gasteiger partial charge in [-0.05, 0) is 0 Å². The van der Waals surface area contributed by atoms with Crippen LogP contribution in [0.3, 0.4) is 0 Å². The fraction of sp³-hybridized carbons (Fsp3) is 0.200. The van der Waals surface area contributed by atoms with E-state index < -0.39 is 4.92 Å². The van der Waals surface area contributed by atoms with Crippen molar-refractivity contribution in [3.63, 3.8) is 0 Å². The SMILES string of the molecule is C=C/C=C(\CCl)[N+](=O)[O-]. The summed E-state index contributed by atoms with van der Waals surface area (Å²) in [7, 11) is 0. The summed E-state index contributed by atoms with van der Waals surface area (Å²) in [5.74, 6) is -0.0843. The summed E-state index contributed by atoms with van der Waals surface area (Å²) in [5, 5.41) is 9.93. The predicted molar refractivity (Wildman–Crippen MR) is 36.0 cm³/mol. The van der Waals surface area contributed by atoms with Crippen LogP contribution in [-0.4, -0.2) is 10.8 Å². The molecule has 0 N–H and O–H groups in total. The summed E-state index contributed by atoms with van der Waals surface area (Å²) in [4.78, 5) is 9.39. The van der Waals surface area contributed by atoms with E-state index in [0.717, 1.165) is 0 Å². The zero-order valence-corrected chi connectivity index (χ0v) is 5.47. The zero-order valence-electron chi connectivity index (χ0n) is 4.71. The Hall–Kier alpha value is -0.830. The second kappa shape index (κ2) is 4.09. The van der Waals surface area contributed by atoms with Crippen LogP contribution in [-0.2, 0) is 0 Å². The second-order valence-electron chi connectivity index (χ2n) is 1.28. The molecular weight excluding hydrogens is 142 g/mol. The Morgan fingerprint density at radius 1 is 1.89 bits per heavy atom. The maximum Gasteiger partial charge on any atom is 0.260 e. The Bertz CT molecular complexity index is 153. The fourth-order valence-corrected chi connectivity index (χ4v) is 0.477. The number of allylic oxidation sites excluding steroid dienone is 3. The highest BCUT2D eigenvalue weighted by molar-refractivity contribution is 6.19. The van der Waals surface area contributed by atoms with Gasteiger partial charge in [-0.25, -0.2) is 0 Å². The lowest BCUT2D eigenvalue weighted by atomic mass is 10.4. The quantitative estimate of drug-likeness (QED) is 0.263. The van der Waals surface area contributed by atoms with Gasteiger partial charge in [-0.1, -0.05) is 12.7 Å². The molecule has 0 aliphatic rings. The van der Waals surface area contributed by atoms with Crippen LogP contribution in [0.1, 0.15) is 0 Å². The molecule has 0 aromatic rings. The molecule has 0 aromatic heterocycles. The maximum absolute atomic E-state index is 9.93. The van der Waals surface area contributed by atoms with Gasteiger partial charge < -0.3 is 0 Å². The van der Waals surface area contributed by atoms with Crippen LogP contribution in [0.4, 0.5) is 0 Å². The van der Waals surface area contributed by atoms with E-state index >= 15 is 0 Å². The molecule has 4 heteroatoms. The Morgan fingerprint density at radius 3 is 2.56 bits per heavy atom. The normalized spacial score (nSPS) is 11.0. The minimum Gasteiger partial charge on any atom is -0.259 e. The van der Waals surface area contributed by atoms with Gasteiger partial charge >= 0.3 is 0 Å². The largest absolute Gasteiger partial charge is 0.260 e. The summed E-state index contributed by atoms with van der Waals surface area (Å²) < 4.78 is 0. The molecule has 0 fully saturated rings. The molecule has 0 aromatic carbocycles. The first kappa shape index (κ1) is 8.17. The van der Waals surface area contributed by atoms with Crippen molar-refractivity contribution in [1.82, 2.24) is 0 Å². The van der Waals surface area contributed by atoms with E-state index in [2.05, 4.69) is 6.58 Å². The molecule has 0 amide bonds. The predicted octanol–water partition coefficient (Wildman–Crippen LogP) is 1.57. The topological polar surface area (TPSA) is 43.1 Å². The van der Waals surface area contributed by atoms with Crippen LogP contribution in [0, 0.1) is 10.1 Å².